The minimum atomic E-state index is -5.06. The second-order valence-corrected chi connectivity index (χ2v) is 5.53. The number of rotatable bonds is 5. The van der Waals surface area contributed by atoms with Gasteiger partial charge in [-0.2, -0.15) is 41.3 Å². The van der Waals surface area contributed by atoms with E-state index in [-0.39, 0.29) is 10.8 Å². The number of anilines is 2. The number of alkyl halides is 6. The largest absolute Gasteiger partial charge is 0.408 e. The van der Waals surface area contributed by atoms with E-state index in [4.69, 9.17) is 14.3 Å². The van der Waals surface area contributed by atoms with Crippen molar-refractivity contribution >= 4 is 23.5 Å². The summed E-state index contributed by atoms with van der Waals surface area (Å²) in [5.41, 5.74) is -0.0802. The maximum atomic E-state index is 13.0. The van der Waals surface area contributed by atoms with Crippen LogP contribution in [0.2, 0.25) is 5.15 Å². The van der Waals surface area contributed by atoms with Crippen LogP contribution >= 0.6 is 11.6 Å². The van der Waals surface area contributed by atoms with Crippen LogP contribution in [0.1, 0.15) is 16.6 Å². The smallest absolute Gasteiger partial charge is 0.343 e. The maximum Gasteiger partial charge on any atom is 0.408 e. The molecule has 148 valence electrons. The molecule has 0 aliphatic rings. The van der Waals surface area contributed by atoms with Gasteiger partial charge < -0.3 is 10.6 Å². The minimum absolute atomic E-state index is 0.0341. The molecular weight excluding hydrogens is 402 g/mol. The molecule has 2 unspecified atom stereocenters. The van der Waals surface area contributed by atoms with Crippen LogP contribution in [0, 0.1) is 0 Å². The molecule has 2 rings (SSSR count). The number of nitrogens with one attached hydrogen (secondary N) is 2. The lowest BCUT2D eigenvalue weighted by atomic mass is 10.3. The second-order valence-electron chi connectivity index (χ2n) is 5.15. The van der Waals surface area contributed by atoms with Gasteiger partial charge in [-0.1, -0.05) is 17.7 Å². The maximum absolute atomic E-state index is 13.0. The predicted octanol–water partition coefficient (Wildman–Crippen LogP) is 4.31. The normalized spacial score (nSPS) is 18.0. The summed E-state index contributed by atoms with van der Waals surface area (Å²) in [5, 5.41) is 3.33. The first kappa shape index (κ1) is 18.0. The highest BCUT2D eigenvalue weighted by atomic mass is 35.5. The van der Waals surface area contributed by atoms with E-state index in [1.165, 1.54) is 18.2 Å². The molecule has 2 heterocycles. The van der Waals surface area contributed by atoms with Crippen LogP contribution in [-0.2, 0) is 0 Å². The van der Waals surface area contributed by atoms with Crippen LogP contribution in [0.25, 0.3) is 11.5 Å². The van der Waals surface area contributed by atoms with Gasteiger partial charge >= 0.3 is 12.4 Å². The van der Waals surface area contributed by atoms with Crippen molar-refractivity contribution in [2.45, 2.75) is 38.2 Å². The average molecular weight is 417 g/mol. The summed E-state index contributed by atoms with van der Waals surface area (Å²) in [6.07, 6.45) is -10.1. The Kier molecular flexibility index (Phi) is 5.14. The summed E-state index contributed by atoms with van der Waals surface area (Å²) in [4.78, 5) is 14.6. The number of halogens is 7. The molecule has 0 spiro atoms. The highest BCUT2D eigenvalue weighted by molar-refractivity contribution is 6.29. The fourth-order valence-electron chi connectivity index (χ4n) is 1.61. The molecule has 0 saturated heterocycles. The molecule has 0 aliphatic carbocycles. The molecule has 13 heteroatoms. The zero-order valence-corrected chi connectivity index (χ0v) is 14.4. The van der Waals surface area contributed by atoms with Gasteiger partial charge in [0.15, 0.2) is 5.82 Å². The Hall–Kier alpha value is -2.37. The quantitative estimate of drug-likeness (QED) is 0.558. The molecule has 2 aromatic heterocycles. The standard InChI is InChI=1S/C14H13ClF6N6/c1-6(13(16,17)18)22-11-25-10(8-4-3-5-9(15)24-8)26-12(27-11)23-7(2)14(19,20)21/h3-7H,1-2H3,(H2,22,23,25,26,27)/i6D,7D. The summed E-state index contributed by atoms with van der Waals surface area (Å²) < 4.78 is 92.6. The lowest BCUT2D eigenvalue weighted by Crippen LogP contribution is -2.35. The number of aromatic nitrogens is 4. The van der Waals surface area contributed by atoms with Gasteiger partial charge in [-0.25, -0.2) is 4.98 Å². The van der Waals surface area contributed by atoms with Gasteiger partial charge in [0.25, 0.3) is 0 Å². The first-order valence-corrected chi connectivity index (χ1v) is 7.48. The van der Waals surface area contributed by atoms with Crippen molar-refractivity contribution in [1.29, 1.82) is 0 Å². The number of hydrogen-bond acceptors (Lipinski definition) is 6. The predicted molar refractivity (Wildman–Crippen MR) is 86.3 cm³/mol. The summed E-state index contributed by atoms with van der Waals surface area (Å²) >= 11 is 5.74. The Bertz CT molecular complexity index is 843. The molecular formula is C14H13ClF6N6. The molecule has 0 bridgehead atoms. The number of hydrogen-bond donors (Lipinski definition) is 2. The third kappa shape index (κ3) is 5.81. The van der Waals surface area contributed by atoms with Crippen molar-refractivity contribution in [1.82, 2.24) is 19.9 Å². The summed E-state index contributed by atoms with van der Waals surface area (Å²) in [6, 6.07) is -2.44. The van der Waals surface area contributed by atoms with Crippen LogP contribution in [0.4, 0.5) is 38.2 Å². The van der Waals surface area contributed by atoms with Crippen LogP contribution in [0.5, 0.6) is 0 Å². The van der Waals surface area contributed by atoms with Gasteiger partial charge in [0.2, 0.25) is 11.9 Å². The van der Waals surface area contributed by atoms with E-state index in [0.29, 0.717) is 13.8 Å². The van der Waals surface area contributed by atoms with E-state index >= 15 is 0 Å². The minimum Gasteiger partial charge on any atom is -0.343 e. The van der Waals surface area contributed by atoms with E-state index in [1.807, 2.05) is 0 Å². The van der Waals surface area contributed by atoms with Crippen LogP contribution in [0.15, 0.2) is 18.2 Å². The van der Waals surface area contributed by atoms with E-state index in [9.17, 15) is 26.3 Å². The molecule has 0 aliphatic heterocycles. The van der Waals surface area contributed by atoms with Crippen molar-refractivity contribution < 1.29 is 29.1 Å². The number of pyridine rings is 1. The Balaban J connectivity index is 2.55. The van der Waals surface area contributed by atoms with Gasteiger partial charge in [-0.15, -0.1) is 0 Å². The summed E-state index contributed by atoms with van der Waals surface area (Å²) in [7, 11) is 0. The fraction of sp³-hybridized carbons (Fsp3) is 0.429. The van der Waals surface area contributed by atoms with Gasteiger partial charge in [0.05, 0.1) is 2.74 Å². The first-order valence-electron chi connectivity index (χ1n) is 8.11. The van der Waals surface area contributed by atoms with E-state index in [0.717, 1.165) is 0 Å². The summed E-state index contributed by atoms with van der Waals surface area (Å²) in [6.45, 7) is 0.928. The monoisotopic (exact) mass is 416 g/mol. The molecule has 0 amide bonds. The number of nitrogens with zero attached hydrogens (tertiary/aromatic N) is 4. The van der Waals surface area contributed by atoms with Crippen molar-refractivity contribution in [2.75, 3.05) is 10.6 Å². The van der Waals surface area contributed by atoms with Gasteiger partial charge in [-0.05, 0) is 26.0 Å². The van der Waals surface area contributed by atoms with Crippen molar-refractivity contribution in [2.24, 2.45) is 0 Å². The fourth-order valence-corrected chi connectivity index (χ4v) is 1.78. The Morgan fingerprint density at radius 3 is 1.78 bits per heavy atom. The highest BCUT2D eigenvalue weighted by Crippen LogP contribution is 2.26. The lowest BCUT2D eigenvalue weighted by molar-refractivity contribution is -0.139. The molecule has 2 aromatic rings. The molecule has 0 fully saturated rings. The molecule has 0 saturated carbocycles. The third-order valence-electron chi connectivity index (χ3n) is 3.03. The molecule has 27 heavy (non-hydrogen) atoms. The molecule has 2 N–H and O–H groups in total. The second kappa shape index (κ2) is 7.71. The van der Waals surface area contributed by atoms with Crippen molar-refractivity contribution in [3.8, 4) is 11.5 Å². The Morgan fingerprint density at radius 2 is 1.37 bits per heavy atom. The topological polar surface area (TPSA) is 75.6 Å². The Labute approximate surface area is 157 Å². The van der Waals surface area contributed by atoms with Gasteiger partial charge in [0.1, 0.15) is 22.9 Å². The highest BCUT2D eigenvalue weighted by Gasteiger charge is 2.38. The average Bonchev–Trinajstić information content (AvgIpc) is 2.51. The summed E-state index contributed by atoms with van der Waals surface area (Å²) in [5.74, 6) is -2.14. The van der Waals surface area contributed by atoms with Crippen LogP contribution in [-0.4, -0.2) is 44.3 Å². The third-order valence-corrected chi connectivity index (χ3v) is 3.24. The molecule has 6 nitrogen and oxygen atoms in total. The van der Waals surface area contributed by atoms with E-state index in [2.05, 4.69) is 19.9 Å². The van der Waals surface area contributed by atoms with Crippen molar-refractivity contribution in [3.63, 3.8) is 0 Å². The van der Waals surface area contributed by atoms with Crippen LogP contribution < -0.4 is 10.6 Å². The zero-order chi connectivity index (χ0) is 22.3. The molecule has 2 atom stereocenters. The first-order chi connectivity index (χ1) is 13.0. The zero-order valence-electron chi connectivity index (χ0n) is 15.7. The van der Waals surface area contributed by atoms with E-state index < -0.39 is 42.1 Å². The van der Waals surface area contributed by atoms with Gasteiger partial charge in [-0.3, -0.25) is 0 Å². The molecule has 0 aromatic carbocycles. The SMILES string of the molecule is [2H]C(C)(Nc1nc(NC([2H])(C)C(F)(F)F)nc(-c2cccc(Cl)n2)n1)C(F)(F)F. The molecule has 0 radical (unpaired) electrons. The Morgan fingerprint density at radius 1 is 0.889 bits per heavy atom. The van der Waals surface area contributed by atoms with Crippen molar-refractivity contribution in [3.05, 3.63) is 23.4 Å². The van der Waals surface area contributed by atoms with Crippen LogP contribution in [0.3, 0.4) is 0 Å². The van der Waals surface area contributed by atoms with Gasteiger partial charge in [0, 0.05) is 0 Å². The lowest BCUT2D eigenvalue weighted by Gasteiger charge is -2.20. The van der Waals surface area contributed by atoms with E-state index in [1.54, 1.807) is 10.6 Å².